The van der Waals surface area contributed by atoms with Crippen molar-refractivity contribution < 1.29 is 6.51 Å². The van der Waals surface area contributed by atoms with E-state index in [1.807, 2.05) is 0 Å². The molecular weight excluding hydrogens is 530 g/mol. The number of rotatable bonds is 9. The summed E-state index contributed by atoms with van der Waals surface area (Å²) in [7, 11) is 3.99. The summed E-state index contributed by atoms with van der Waals surface area (Å²) in [4.78, 5) is 11.3. The van der Waals surface area contributed by atoms with Crippen molar-refractivity contribution in [1.29, 1.82) is 0 Å². The number of fused-ring (bicyclic) bond motifs is 10. The average molecular weight is 585 g/mol. The van der Waals surface area contributed by atoms with Crippen molar-refractivity contribution >= 4 is 17.2 Å². The maximum atomic E-state index is 3.99. The first-order valence-corrected chi connectivity index (χ1v) is 24.9. The van der Waals surface area contributed by atoms with E-state index in [0.717, 1.165) is 20.5 Å². The zero-order chi connectivity index (χ0) is 25.4. The second-order valence-electron chi connectivity index (χ2n) is 19.8. The summed E-state index contributed by atoms with van der Waals surface area (Å²) in [5, 5.41) is 9.64. The summed E-state index contributed by atoms with van der Waals surface area (Å²) in [5.74, 6) is 1.88. The SMILES string of the molecule is CCC(C)(C)P(C[C]12[CH]3[CH]4[CH]5[C]1(C(P)(C1CCCNC1)C1CCCNC1)[Fe]43521678[CH]2[CH]1[CH]6[CH]7[CH]28)C(C)(C)CC. The quantitative estimate of drug-likeness (QED) is 0.210. The van der Waals surface area contributed by atoms with E-state index in [1.54, 1.807) is 6.16 Å². The van der Waals surface area contributed by atoms with Crippen LogP contribution in [0.2, 0.25) is 47.2 Å². The molecule has 12 fully saturated rings. The van der Waals surface area contributed by atoms with Gasteiger partial charge in [-0.1, -0.05) is 0 Å². The molecule has 0 aromatic heterocycles. The second kappa shape index (κ2) is 3.29. The predicted molar refractivity (Wildman–Crippen MR) is 160 cm³/mol. The van der Waals surface area contributed by atoms with Gasteiger partial charge in [0, 0.05) is 0 Å². The van der Waals surface area contributed by atoms with Crippen LogP contribution < -0.4 is 10.6 Å². The molecule has 12 heterocycles. The van der Waals surface area contributed by atoms with Crippen molar-refractivity contribution in [2.24, 2.45) is 11.8 Å². The first kappa shape index (κ1) is 21.9. The van der Waals surface area contributed by atoms with Crippen molar-refractivity contribution in [1.82, 2.24) is 10.6 Å². The van der Waals surface area contributed by atoms with Crippen LogP contribution in [0.15, 0.2) is 0 Å². The number of piperidine rings is 2. The first-order valence-electron chi connectivity index (χ1n) is 16.5. The van der Waals surface area contributed by atoms with Crippen molar-refractivity contribution in [3.8, 4) is 0 Å². The topological polar surface area (TPSA) is 24.1 Å². The molecule has 0 radical (unpaired) electrons. The molecule has 210 valence electrons. The Hall–Kier alpha value is 1.30. The van der Waals surface area contributed by atoms with Crippen LogP contribution in [0.3, 0.4) is 0 Å². The van der Waals surface area contributed by atoms with Crippen molar-refractivity contribution in [2.45, 2.75) is 143 Å². The van der Waals surface area contributed by atoms with Crippen LogP contribution >= 0.6 is 17.2 Å². The molecule has 0 aromatic rings. The Labute approximate surface area is 220 Å². The van der Waals surface area contributed by atoms with Crippen molar-refractivity contribution in [2.75, 3.05) is 32.3 Å². The summed E-state index contributed by atoms with van der Waals surface area (Å²) in [6, 6.07) is 0. The standard InChI is InChI=1S/C27H49N2P2.C5H5.Fe/c1-7-25(3,4)31(26(5,6)8-2)20-21-12-9-15-24(21)27(30,22-13-10-16-28-18-22)23-14-11-17-29-19-23;1-2-4-5-3-1;/h9,12,15,22-23,28-29H,7-8,10-11,13-14,16-20,30H2,1-6H3;1-5H;. The minimum absolute atomic E-state index is 0.0272. The van der Waals surface area contributed by atoms with E-state index in [0.29, 0.717) is 15.5 Å². The molecule has 2 nitrogen and oxygen atoms in total. The van der Waals surface area contributed by atoms with E-state index in [1.165, 1.54) is 103 Å². The summed E-state index contributed by atoms with van der Waals surface area (Å²) >= 11 is 0. The Morgan fingerprint density at radius 3 is 1.62 bits per heavy atom. The minimum atomic E-state index is -3.62. The predicted octanol–water partition coefficient (Wildman–Crippen LogP) is 8.59. The monoisotopic (exact) mass is 584 g/mol. The Morgan fingerprint density at radius 1 is 0.784 bits per heavy atom. The van der Waals surface area contributed by atoms with E-state index >= 15 is 0 Å². The molecule has 0 saturated carbocycles. The van der Waals surface area contributed by atoms with Crippen LogP contribution in [0.25, 0.3) is 0 Å². The van der Waals surface area contributed by atoms with Gasteiger partial charge in [-0.3, -0.25) is 0 Å². The van der Waals surface area contributed by atoms with E-state index in [-0.39, 0.29) is 7.92 Å². The molecule has 12 aliphatic heterocycles. The van der Waals surface area contributed by atoms with Crippen LogP contribution in [0.1, 0.15) is 80.1 Å². The first-order chi connectivity index (χ1) is 17.4. The normalized spacial score (nSPS) is 75.1. The van der Waals surface area contributed by atoms with Crippen LogP contribution in [0.4, 0.5) is 0 Å². The molecule has 8 unspecified atom stereocenters. The van der Waals surface area contributed by atoms with Crippen molar-refractivity contribution in [3.05, 3.63) is 0 Å². The van der Waals surface area contributed by atoms with E-state index < -0.39 is 6.51 Å². The Balaban J connectivity index is 1.12. The molecule has 0 amide bonds. The summed E-state index contributed by atoms with van der Waals surface area (Å²) in [6.07, 6.45) is 10.5. The molecule has 8 atom stereocenters. The van der Waals surface area contributed by atoms with Gasteiger partial charge in [0.2, 0.25) is 0 Å². The molecule has 12 aliphatic rings. The average Bonchev–Trinajstić information content (AvgIpc) is 3.86. The third-order valence-electron chi connectivity index (χ3n) is 23.3. The third kappa shape index (κ3) is 0.559. The molecule has 37 heavy (non-hydrogen) atoms. The molecule has 0 aromatic carbocycles. The van der Waals surface area contributed by atoms with Gasteiger partial charge >= 0.3 is 221 Å². The number of hydrogen-bond acceptors (Lipinski definition) is 2. The Kier molecular flexibility index (Phi) is 1.95. The molecular formula is C32H54FeN2P2. The van der Waals surface area contributed by atoms with Gasteiger partial charge in [0.25, 0.3) is 0 Å². The molecule has 12 saturated heterocycles. The van der Waals surface area contributed by atoms with Crippen LogP contribution in [0, 0.1) is 11.8 Å². The summed E-state index contributed by atoms with van der Waals surface area (Å²) < 4.78 is 1.89. The van der Waals surface area contributed by atoms with Gasteiger partial charge in [0.05, 0.1) is 0 Å². The van der Waals surface area contributed by atoms with Gasteiger partial charge < -0.3 is 0 Å². The van der Waals surface area contributed by atoms with Gasteiger partial charge in [-0.05, 0) is 0 Å². The number of hydrogen-bond donors (Lipinski definition) is 2. The third-order valence-corrected chi connectivity index (χ3v) is 73.2. The van der Waals surface area contributed by atoms with Gasteiger partial charge in [-0.2, -0.15) is 0 Å². The second-order valence-corrected chi connectivity index (χ2v) is 47.7. The van der Waals surface area contributed by atoms with E-state index in [2.05, 4.69) is 61.4 Å². The van der Waals surface area contributed by atoms with Crippen molar-refractivity contribution in [3.63, 3.8) is 0 Å². The van der Waals surface area contributed by atoms with E-state index in [4.69, 9.17) is 0 Å². The summed E-state index contributed by atoms with van der Waals surface area (Å²) in [6.45, 7) is 17.6. The summed E-state index contributed by atoms with van der Waals surface area (Å²) in [5.41, 5.74) is 0. The van der Waals surface area contributed by atoms with Crippen LogP contribution in [0.5, 0.6) is 0 Å². The van der Waals surface area contributed by atoms with Crippen LogP contribution in [-0.4, -0.2) is 47.8 Å². The van der Waals surface area contributed by atoms with Crippen LogP contribution in [-0.2, 0) is 6.51 Å². The fourth-order valence-corrected chi connectivity index (χ4v) is 113. The molecule has 1 spiro atoms. The fraction of sp³-hybridized carbons (Fsp3) is 1.00. The Morgan fingerprint density at radius 2 is 1.27 bits per heavy atom. The zero-order valence-corrected chi connectivity index (χ0v) is 27.6. The number of nitrogens with one attached hydrogen (secondary N) is 2. The van der Waals surface area contributed by atoms with Gasteiger partial charge in [0.1, 0.15) is 0 Å². The molecule has 2 N–H and O–H groups in total. The van der Waals surface area contributed by atoms with E-state index in [9.17, 15) is 0 Å². The zero-order valence-electron chi connectivity index (χ0n) is 24.4. The molecule has 0 aliphatic carbocycles. The molecule has 12 rings (SSSR count). The molecule has 0 bridgehead atoms. The fourth-order valence-electron chi connectivity index (χ4n) is 24.1. The van der Waals surface area contributed by atoms with Gasteiger partial charge in [-0.15, -0.1) is 0 Å². The van der Waals surface area contributed by atoms with Gasteiger partial charge in [0.15, 0.2) is 0 Å². The molecule has 5 heteroatoms. The Bertz CT molecular complexity index is 1480. The van der Waals surface area contributed by atoms with Gasteiger partial charge in [-0.25, -0.2) is 0 Å². The maximum absolute atomic E-state index is 3.99.